The summed E-state index contributed by atoms with van der Waals surface area (Å²) < 4.78 is 0. The van der Waals surface area contributed by atoms with Gasteiger partial charge in [0.15, 0.2) is 5.11 Å². The first-order valence-electron chi connectivity index (χ1n) is 9.13. The quantitative estimate of drug-likeness (QED) is 0.461. The van der Waals surface area contributed by atoms with Crippen LogP contribution in [0.2, 0.25) is 0 Å². The smallest absolute Gasteiger partial charge is 0.257 e. The Hall–Kier alpha value is -3.51. The van der Waals surface area contributed by atoms with Crippen molar-refractivity contribution in [2.75, 3.05) is 0 Å². The number of hydrogen-bond donors (Lipinski definition) is 3. The molecule has 0 fully saturated rings. The van der Waals surface area contributed by atoms with Crippen LogP contribution in [0.1, 0.15) is 33.0 Å². The van der Waals surface area contributed by atoms with Gasteiger partial charge in [0.05, 0.1) is 5.92 Å². The lowest BCUT2D eigenvalue weighted by Crippen LogP contribution is -2.49. The Kier molecular flexibility index (Phi) is 6.71. The maximum absolute atomic E-state index is 12.9. The summed E-state index contributed by atoms with van der Waals surface area (Å²) in [6, 6.07) is 26.1. The molecule has 0 bridgehead atoms. The van der Waals surface area contributed by atoms with E-state index in [4.69, 9.17) is 12.2 Å². The van der Waals surface area contributed by atoms with Crippen LogP contribution in [0.15, 0.2) is 84.9 Å². The number of amides is 2. The minimum Gasteiger partial charge on any atom is -0.298 e. The number of carbonyl (C=O) groups excluding carboxylic acids is 2. The van der Waals surface area contributed by atoms with Gasteiger partial charge in [0, 0.05) is 5.56 Å². The summed E-state index contributed by atoms with van der Waals surface area (Å²) in [7, 11) is 0. The predicted molar refractivity (Wildman–Crippen MR) is 117 cm³/mol. The Balaban J connectivity index is 1.67. The van der Waals surface area contributed by atoms with Crippen LogP contribution in [-0.4, -0.2) is 16.9 Å². The average molecular weight is 404 g/mol. The van der Waals surface area contributed by atoms with Gasteiger partial charge in [-0.3, -0.25) is 25.8 Å². The van der Waals surface area contributed by atoms with Gasteiger partial charge in [-0.25, -0.2) is 0 Å². The highest BCUT2D eigenvalue weighted by Gasteiger charge is 2.22. The first-order valence-corrected chi connectivity index (χ1v) is 9.54. The van der Waals surface area contributed by atoms with Gasteiger partial charge in [-0.05, 0) is 41.9 Å². The second-order valence-electron chi connectivity index (χ2n) is 6.47. The molecule has 0 radical (unpaired) electrons. The van der Waals surface area contributed by atoms with E-state index in [1.54, 1.807) is 12.1 Å². The van der Waals surface area contributed by atoms with E-state index >= 15 is 0 Å². The summed E-state index contributed by atoms with van der Waals surface area (Å²) in [6.07, 6.45) is 0. The van der Waals surface area contributed by atoms with Crippen LogP contribution in [-0.2, 0) is 4.79 Å². The van der Waals surface area contributed by atoms with Crippen LogP contribution in [0.3, 0.4) is 0 Å². The minimum absolute atomic E-state index is 0.0199. The first kappa shape index (κ1) is 20.2. The van der Waals surface area contributed by atoms with Gasteiger partial charge in [0.2, 0.25) is 5.91 Å². The van der Waals surface area contributed by atoms with Crippen molar-refractivity contribution < 1.29 is 9.59 Å². The molecule has 0 heterocycles. The fraction of sp³-hybridized carbons (Fsp3) is 0.0870. The molecule has 29 heavy (non-hydrogen) atoms. The molecule has 3 rings (SSSR count). The number of hydrazine groups is 1. The Labute approximate surface area is 175 Å². The van der Waals surface area contributed by atoms with Crippen molar-refractivity contribution in [3.63, 3.8) is 0 Å². The highest BCUT2D eigenvalue weighted by atomic mass is 32.1. The Morgan fingerprint density at radius 1 is 0.759 bits per heavy atom. The molecule has 0 aliphatic rings. The monoisotopic (exact) mass is 403 g/mol. The lowest BCUT2D eigenvalue weighted by molar-refractivity contribution is -0.122. The molecule has 0 unspecified atom stereocenters. The molecule has 0 aliphatic carbocycles. The molecule has 0 aromatic heterocycles. The number of thiocarbonyl (C=S) groups is 1. The van der Waals surface area contributed by atoms with Gasteiger partial charge >= 0.3 is 0 Å². The molecule has 3 aromatic carbocycles. The number of nitrogens with one attached hydrogen (secondary N) is 3. The molecule has 5 nitrogen and oxygen atoms in total. The lowest BCUT2D eigenvalue weighted by Gasteiger charge is -2.19. The van der Waals surface area contributed by atoms with Crippen molar-refractivity contribution in [2.45, 2.75) is 12.8 Å². The van der Waals surface area contributed by atoms with E-state index in [0.717, 1.165) is 16.7 Å². The molecule has 0 saturated heterocycles. The number of aryl methyl sites for hydroxylation is 1. The molecule has 0 spiro atoms. The van der Waals surface area contributed by atoms with E-state index in [1.165, 1.54) is 0 Å². The zero-order valence-electron chi connectivity index (χ0n) is 15.9. The van der Waals surface area contributed by atoms with Gasteiger partial charge in [0.1, 0.15) is 0 Å². The summed E-state index contributed by atoms with van der Waals surface area (Å²) >= 11 is 5.15. The van der Waals surface area contributed by atoms with Crippen molar-refractivity contribution in [1.82, 2.24) is 16.2 Å². The largest absolute Gasteiger partial charge is 0.298 e. The Morgan fingerprint density at radius 2 is 1.28 bits per heavy atom. The zero-order chi connectivity index (χ0) is 20.6. The maximum Gasteiger partial charge on any atom is 0.257 e. The van der Waals surface area contributed by atoms with Crippen LogP contribution in [0.4, 0.5) is 0 Å². The molecule has 2 amide bonds. The number of carbonyl (C=O) groups is 2. The number of rotatable bonds is 4. The lowest BCUT2D eigenvalue weighted by atomic mass is 9.91. The van der Waals surface area contributed by atoms with E-state index in [0.29, 0.717) is 5.56 Å². The highest BCUT2D eigenvalue weighted by Crippen LogP contribution is 2.24. The van der Waals surface area contributed by atoms with E-state index < -0.39 is 5.92 Å². The molecule has 3 N–H and O–H groups in total. The van der Waals surface area contributed by atoms with Crippen LogP contribution in [0.5, 0.6) is 0 Å². The Morgan fingerprint density at radius 3 is 1.83 bits per heavy atom. The Bertz CT molecular complexity index is 967. The zero-order valence-corrected chi connectivity index (χ0v) is 16.7. The first-order chi connectivity index (χ1) is 14.1. The van der Waals surface area contributed by atoms with Gasteiger partial charge in [-0.2, -0.15) is 0 Å². The third kappa shape index (κ3) is 5.27. The molecule has 3 aromatic rings. The molecular formula is C23H21N3O2S. The van der Waals surface area contributed by atoms with Gasteiger partial charge in [0.25, 0.3) is 5.91 Å². The SMILES string of the molecule is Cc1ccccc1C(=O)NC(=S)NNC(=O)C(c1ccccc1)c1ccccc1. The van der Waals surface area contributed by atoms with E-state index in [1.807, 2.05) is 79.7 Å². The van der Waals surface area contributed by atoms with E-state index in [2.05, 4.69) is 16.2 Å². The van der Waals surface area contributed by atoms with E-state index in [-0.39, 0.29) is 16.9 Å². The van der Waals surface area contributed by atoms with Crippen LogP contribution < -0.4 is 16.2 Å². The van der Waals surface area contributed by atoms with Crippen molar-refractivity contribution in [2.24, 2.45) is 0 Å². The van der Waals surface area contributed by atoms with Crippen molar-refractivity contribution in [3.05, 3.63) is 107 Å². The summed E-state index contributed by atoms with van der Waals surface area (Å²) in [6.45, 7) is 1.84. The maximum atomic E-state index is 12.9. The van der Waals surface area contributed by atoms with Crippen molar-refractivity contribution >= 4 is 29.1 Å². The molecule has 0 aliphatic heterocycles. The predicted octanol–water partition coefficient (Wildman–Crippen LogP) is 3.46. The van der Waals surface area contributed by atoms with Gasteiger partial charge in [-0.15, -0.1) is 0 Å². The van der Waals surface area contributed by atoms with E-state index in [9.17, 15) is 9.59 Å². The van der Waals surface area contributed by atoms with Crippen LogP contribution in [0, 0.1) is 6.92 Å². The van der Waals surface area contributed by atoms with Gasteiger partial charge < -0.3 is 0 Å². The third-order valence-corrected chi connectivity index (χ3v) is 4.65. The minimum atomic E-state index is -0.514. The standard InChI is InChI=1S/C23H21N3O2S/c1-16-10-8-9-15-19(16)21(27)24-23(29)26-25-22(28)20(17-11-4-2-5-12-17)18-13-6-3-7-14-18/h2-15,20H,1H3,(H,25,28)(H2,24,26,27,29). The summed E-state index contributed by atoms with van der Waals surface area (Å²) in [5.74, 6) is -1.13. The average Bonchev–Trinajstić information content (AvgIpc) is 2.74. The molecule has 0 saturated carbocycles. The third-order valence-electron chi connectivity index (χ3n) is 4.44. The summed E-state index contributed by atoms with van der Waals surface area (Å²) in [5.41, 5.74) is 8.30. The molecule has 146 valence electrons. The van der Waals surface area contributed by atoms with Crippen molar-refractivity contribution in [1.29, 1.82) is 0 Å². The fourth-order valence-corrected chi connectivity index (χ4v) is 3.15. The number of benzene rings is 3. The van der Waals surface area contributed by atoms with Gasteiger partial charge in [-0.1, -0.05) is 78.9 Å². The summed E-state index contributed by atoms with van der Waals surface area (Å²) in [5, 5.41) is 2.60. The molecule has 0 atom stereocenters. The topological polar surface area (TPSA) is 70.2 Å². The second-order valence-corrected chi connectivity index (χ2v) is 6.88. The molecular weight excluding hydrogens is 382 g/mol. The van der Waals surface area contributed by atoms with Crippen LogP contribution in [0.25, 0.3) is 0 Å². The summed E-state index contributed by atoms with van der Waals surface area (Å²) in [4.78, 5) is 25.3. The fourth-order valence-electron chi connectivity index (χ4n) is 3.01. The normalized spacial score (nSPS) is 10.3. The number of hydrogen-bond acceptors (Lipinski definition) is 3. The second kappa shape index (κ2) is 9.61. The highest BCUT2D eigenvalue weighted by molar-refractivity contribution is 7.80. The van der Waals surface area contributed by atoms with Crippen LogP contribution >= 0.6 is 12.2 Å². The van der Waals surface area contributed by atoms with Crippen molar-refractivity contribution in [3.8, 4) is 0 Å². The molecule has 6 heteroatoms.